The minimum atomic E-state index is -0.444. The number of carbonyl (C=O) groups excluding carboxylic acids is 2. The van der Waals surface area contributed by atoms with E-state index in [4.69, 9.17) is 0 Å². The standard InChI is InChI=1S/C13H16N4O2.2C2H6/c1-3-6-17(13(19)15-9-18)11-8-14-12-10(2)5-4-7-16(11)12;2*1-2/h4-5,7-9H,3,6H2,1-2H3,(H,15,18,19);2*1-2H3. The molecule has 0 bridgehead atoms. The van der Waals surface area contributed by atoms with Crippen molar-refractivity contribution in [1.29, 1.82) is 0 Å². The number of rotatable bonds is 4. The van der Waals surface area contributed by atoms with E-state index in [2.05, 4.69) is 10.3 Å². The maximum Gasteiger partial charge on any atom is 0.329 e. The van der Waals surface area contributed by atoms with Crippen LogP contribution >= 0.6 is 0 Å². The first-order valence-electron chi connectivity index (χ1n) is 8.13. The Balaban J connectivity index is 0.00000112. The molecule has 0 radical (unpaired) electrons. The fraction of sp³-hybridized carbons (Fsp3) is 0.471. The highest BCUT2D eigenvalue weighted by molar-refractivity contribution is 5.97. The molecule has 6 nitrogen and oxygen atoms in total. The summed E-state index contributed by atoms with van der Waals surface area (Å²) in [5.74, 6) is 0.653. The number of pyridine rings is 1. The number of aryl methyl sites for hydroxylation is 1. The Hall–Kier alpha value is -2.37. The lowest BCUT2D eigenvalue weighted by molar-refractivity contribution is -0.108. The van der Waals surface area contributed by atoms with Crippen molar-refractivity contribution in [2.45, 2.75) is 48.0 Å². The third-order valence-electron chi connectivity index (χ3n) is 2.86. The maximum absolute atomic E-state index is 11.9. The molecule has 0 aromatic carbocycles. The van der Waals surface area contributed by atoms with Gasteiger partial charge in [-0.1, -0.05) is 40.7 Å². The van der Waals surface area contributed by atoms with E-state index in [1.54, 1.807) is 6.20 Å². The van der Waals surface area contributed by atoms with Crippen LogP contribution in [0, 0.1) is 6.92 Å². The first-order valence-corrected chi connectivity index (χ1v) is 8.13. The summed E-state index contributed by atoms with van der Waals surface area (Å²) in [7, 11) is 0. The number of aromatic nitrogens is 2. The van der Waals surface area contributed by atoms with Gasteiger partial charge in [-0.3, -0.25) is 19.4 Å². The van der Waals surface area contributed by atoms with Crippen molar-refractivity contribution >= 4 is 23.9 Å². The number of hydrogen-bond acceptors (Lipinski definition) is 3. The summed E-state index contributed by atoms with van der Waals surface area (Å²) in [4.78, 5) is 28.2. The highest BCUT2D eigenvalue weighted by Gasteiger charge is 2.18. The van der Waals surface area contributed by atoms with Gasteiger partial charge in [0.15, 0.2) is 0 Å². The quantitative estimate of drug-likeness (QED) is 0.872. The van der Waals surface area contributed by atoms with Crippen LogP contribution in [0.5, 0.6) is 0 Å². The van der Waals surface area contributed by atoms with E-state index in [0.29, 0.717) is 18.8 Å². The molecule has 6 heteroatoms. The smallest absolute Gasteiger partial charge is 0.286 e. The van der Waals surface area contributed by atoms with E-state index in [9.17, 15) is 9.59 Å². The van der Waals surface area contributed by atoms with Gasteiger partial charge >= 0.3 is 6.03 Å². The zero-order valence-electron chi connectivity index (χ0n) is 15.0. The van der Waals surface area contributed by atoms with Gasteiger partial charge in [-0.25, -0.2) is 9.78 Å². The Kier molecular flexibility index (Phi) is 10.1. The molecule has 3 amide bonds. The molecule has 0 fully saturated rings. The van der Waals surface area contributed by atoms with Crippen molar-refractivity contribution in [3.8, 4) is 0 Å². The average molecular weight is 320 g/mol. The van der Waals surface area contributed by atoms with Crippen LogP contribution in [0.25, 0.3) is 5.65 Å². The van der Waals surface area contributed by atoms with Gasteiger partial charge < -0.3 is 0 Å². The molecule has 23 heavy (non-hydrogen) atoms. The molecule has 0 unspecified atom stereocenters. The predicted octanol–water partition coefficient (Wildman–Crippen LogP) is 3.78. The normalized spacial score (nSPS) is 9.13. The summed E-state index contributed by atoms with van der Waals surface area (Å²) in [6.07, 6.45) is 4.66. The van der Waals surface area contributed by atoms with Crippen LogP contribution in [-0.4, -0.2) is 28.4 Å². The van der Waals surface area contributed by atoms with Gasteiger partial charge in [0.25, 0.3) is 0 Å². The molecule has 2 aromatic rings. The number of imidazole rings is 1. The predicted molar refractivity (Wildman–Crippen MR) is 94.9 cm³/mol. The molecular formula is C17H28N4O2. The van der Waals surface area contributed by atoms with E-state index < -0.39 is 6.03 Å². The van der Waals surface area contributed by atoms with Gasteiger partial charge in [-0.15, -0.1) is 0 Å². The van der Waals surface area contributed by atoms with E-state index >= 15 is 0 Å². The van der Waals surface area contributed by atoms with Crippen molar-refractivity contribution in [2.24, 2.45) is 0 Å². The summed E-state index contributed by atoms with van der Waals surface area (Å²) in [5, 5.41) is 2.16. The highest BCUT2D eigenvalue weighted by Crippen LogP contribution is 2.19. The molecule has 2 heterocycles. The lowest BCUT2D eigenvalue weighted by Gasteiger charge is -2.20. The first-order chi connectivity index (χ1) is 11.2. The molecule has 0 aliphatic carbocycles. The minimum Gasteiger partial charge on any atom is -0.286 e. The van der Waals surface area contributed by atoms with Crippen LogP contribution in [0.1, 0.15) is 46.6 Å². The minimum absolute atomic E-state index is 0.388. The number of nitrogens with one attached hydrogen (secondary N) is 1. The SMILES string of the molecule is CC.CC.CCCN(C(=O)NC=O)c1cnc2c(C)cccn12. The Morgan fingerprint density at radius 3 is 2.57 bits per heavy atom. The Bertz CT molecular complexity index is 608. The second-order valence-electron chi connectivity index (χ2n) is 4.22. The monoisotopic (exact) mass is 320 g/mol. The van der Waals surface area contributed by atoms with Crippen molar-refractivity contribution in [1.82, 2.24) is 14.7 Å². The third kappa shape index (κ3) is 5.09. The van der Waals surface area contributed by atoms with Gasteiger partial charge in [-0.2, -0.15) is 0 Å². The fourth-order valence-corrected chi connectivity index (χ4v) is 2.01. The summed E-state index contributed by atoms with van der Waals surface area (Å²) >= 11 is 0. The molecule has 2 aromatic heterocycles. The molecular weight excluding hydrogens is 292 g/mol. The van der Waals surface area contributed by atoms with E-state index in [0.717, 1.165) is 17.6 Å². The lowest BCUT2D eigenvalue weighted by atomic mass is 10.3. The van der Waals surface area contributed by atoms with Crippen molar-refractivity contribution < 1.29 is 9.59 Å². The van der Waals surface area contributed by atoms with Gasteiger partial charge in [0.1, 0.15) is 11.5 Å². The van der Waals surface area contributed by atoms with E-state index in [-0.39, 0.29) is 0 Å². The second kappa shape index (κ2) is 11.2. The maximum atomic E-state index is 11.9. The molecule has 1 N–H and O–H groups in total. The number of hydrogen-bond donors (Lipinski definition) is 1. The van der Waals surface area contributed by atoms with E-state index in [1.165, 1.54) is 4.90 Å². The topological polar surface area (TPSA) is 66.7 Å². The summed E-state index contributed by atoms with van der Waals surface area (Å²) in [6, 6.07) is 3.41. The first kappa shape index (κ1) is 20.6. The average Bonchev–Trinajstić information content (AvgIpc) is 3.02. The van der Waals surface area contributed by atoms with Crippen LogP contribution in [0.15, 0.2) is 24.5 Å². The second-order valence-corrected chi connectivity index (χ2v) is 4.22. The largest absolute Gasteiger partial charge is 0.329 e. The lowest BCUT2D eigenvalue weighted by Crippen LogP contribution is -2.40. The number of amides is 3. The van der Waals surface area contributed by atoms with Crippen molar-refractivity contribution in [3.63, 3.8) is 0 Å². The molecule has 0 spiro atoms. The number of anilines is 1. The number of carbonyl (C=O) groups is 2. The van der Waals surface area contributed by atoms with Crippen LogP contribution in [0.2, 0.25) is 0 Å². The van der Waals surface area contributed by atoms with E-state index in [1.807, 2.05) is 64.3 Å². The molecule has 0 atom stereocenters. The molecule has 2 rings (SSSR count). The Morgan fingerprint density at radius 2 is 2.00 bits per heavy atom. The number of fused-ring (bicyclic) bond motifs is 1. The zero-order chi connectivity index (χ0) is 17.8. The number of imide groups is 1. The van der Waals surface area contributed by atoms with Gasteiger partial charge in [0, 0.05) is 12.7 Å². The van der Waals surface area contributed by atoms with Crippen molar-refractivity contribution in [2.75, 3.05) is 11.4 Å². The highest BCUT2D eigenvalue weighted by atomic mass is 16.2. The molecule has 0 aliphatic rings. The van der Waals surface area contributed by atoms with Crippen LogP contribution in [-0.2, 0) is 4.79 Å². The molecule has 128 valence electrons. The zero-order valence-corrected chi connectivity index (χ0v) is 15.0. The van der Waals surface area contributed by atoms with Gasteiger partial charge in [0.2, 0.25) is 6.41 Å². The van der Waals surface area contributed by atoms with Crippen LogP contribution < -0.4 is 10.2 Å². The Morgan fingerprint density at radius 1 is 1.35 bits per heavy atom. The number of urea groups is 1. The molecule has 0 saturated carbocycles. The van der Waals surface area contributed by atoms with Crippen LogP contribution in [0.4, 0.5) is 10.6 Å². The van der Waals surface area contributed by atoms with Crippen molar-refractivity contribution in [3.05, 3.63) is 30.1 Å². The van der Waals surface area contributed by atoms with Gasteiger partial charge in [-0.05, 0) is 25.0 Å². The fourth-order valence-electron chi connectivity index (χ4n) is 2.01. The molecule has 0 saturated heterocycles. The molecule has 0 aliphatic heterocycles. The van der Waals surface area contributed by atoms with Crippen LogP contribution in [0.3, 0.4) is 0 Å². The summed E-state index contributed by atoms with van der Waals surface area (Å²) in [6.45, 7) is 12.4. The Labute approximate surface area is 138 Å². The third-order valence-corrected chi connectivity index (χ3v) is 2.86. The summed E-state index contributed by atoms with van der Waals surface area (Å²) < 4.78 is 1.84. The summed E-state index contributed by atoms with van der Waals surface area (Å²) in [5.41, 5.74) is 1.83. The number of nitrogens with zero attached hydrogens (tertiary/aromatic N) is 3. The van der Waals surface area contributed by atoms with Gasteiger partial charge in [0.05, 0.1) is 6.20 Å².